The first-order valence-corrected chi connectivity index (χ1v) is 9.11. The zero-order valence-electron chi connectivity index (χ0n) is 15.2. The number of rotatable bonds is 5. The molecule has 2 heterocycles. The topological polar surface area (TPSA) is 62.2 Å². The van der Waals surface area contributed by atoms with E-state index in [1.165, 1.54) is 0 Å². The number of amides is 1. The number of hydrogen-bond donors (Lipinski definition) is 0. The Morgan fingerprint density at radius 2 is 2.00 bits per heavy atom. The van der Waals surface area contributed by atoms with E-state index in [4.69, 9.17) is 0 Å². The third kappa shape index (κ3) is 3.72. The van der Waals surface area contributed by atoms with Gasteiger partial charge >= 0.3 is 0 Å². The lowest BCUT2D eigenvalue weighted by molar-refractivity contribution is 0.0742. The highest BCUT2D eigenvalue weighted by Crippen LogP contribution is 2.24. The molecule has 0 aliphatic heterocycles. The quantitative estimate of drug-likeness (QED) is 0.691. The molecule has 3 aromatic rings. The van der Waals surface area contributed by atoms with Gasteiger partial charge in [0, 0.05) is 43.8 Å². The maximum absolute atomic E-state index is 12.9. The van der Waals surface area contributed by atoms with Crippen LogP contribution in [0.5, 0.6) is 0 Å². The van der Waals surface area contributed by atoms with Crippen molar-refractivity contribution in [2.45, 2.75) is 13.0 Å². The Balaban J connectivity index is 1.87. The largest absolute Gasteiger partial charge is 0.361 e. The molecule has 0 aliphatic rings. The second-order valence-electron chi connectivity index (χ2n) is 6.20. The number of benzene rings is 1. The number of anilines is 1. The Labute approximate surface area is 157 Å². The number of nitrogens with zero attached hydrogens (tertiary/aromatic N) is 5. The Morgan fingerprint density at radius 1 is 1.19 bits per heavy atom. The minimum atomic E-state index is -0.0805. The van der Waals surface area contributed by atoms with E-state index < -0.39 is 0 Å². The van der Waals surface area contributed by atoms with Gasteiger partial charge in [0.15, 0.2) is 0 Å². The molecule has 6 nitrogen and oxygen atoms in total. The van der Waals surface area contributed by atoms with Gasteiger partial charge in [0.1, 0.15) is 10.8 Å². The highest BCUT2D eigenvalue weighted by molar-refractivity contribution is 7.09. The summed E-state index contributed by atoms with van der Waals surface area (Å²) in [6.45, 7) is 1.98. The monoisotopic (exact) mass is 367 g/mol. The number of hydrogen-bond acceptors (Lipinski definition) is 6. The van der Waals surface area contributed by atoms with Gasteiger partial charge in [-0.15, -0.1) is 11.3 Å². The van der Waals surface area contributed by atoms with Crippen molar-refractivity contribution in [1.82, 2.24) is 19.9 Å². The molecule has 0 fully saturated rings. The average Bonchev–Trinajstić information content (AvgIpc) is 3.21. The summed E-state index contributed by atoms with van der Waals surface area (Å²) in [5.41, 5.74) is 2.22. The fraction of sp³-hybridized carbons (Fsp3) is 0.263. The molecule has 0 bridgehead atoms. The minimum absolute atomic E-state index is 0.0497. The van der Waals surface area contributed by atoms with Crippen molar-refractivity contribution in [1.29, 1.82) is 0 Å². The Hall–Kier alpha value is -2.80. The van der Waals surface area contributed by atoms with E-state index >= 15 is 0 Å². The second kappa shape index (κ2) is 7.61. The van der Waals surface area contributed by atoms with Crippen LogP contribution in [0.1, 0.15) is 28.3 Å². The van der Waals surface area contributed by atoms with Crippen molar-refractivity contribution >= 4 is 23.1 Å². The van der Waals surface area contributed by atoms with E-state index in [1.54, 1.807) is 41.9 Å². The van der Waals surface area contributed by atoms with E-state index in [-0.39, 0.29) is 11.9 Å². The molecular formula is C19H21N5OS. The highest BCUT2D eigenvalue weighted by Gasteiger charge is 2.21. The van der Waals surface area contributed by atoms with Crippen molar-refractivity contribution in [2.24, 2.45) is 0 Å². The lowest BCUT2D eigenvalue weighted by Crippen LogP contribution is -2.29. The number of aromatic nitrogens is 3. The molecule has 3 rings (SSSR count). The Bertz CT molecular complexity index is 894. The Morgan fingerprint density at radius 3 is 2.69 bits per heavy atom. The normalized spacial score (nSPS) is 11.8. The molecule has 1 atom stereocenters. The molecule has 0 saturated carbocycles. The van der Waals surface area contributed by atoms with E-state index in [1.807, 2.05) is 55.6 Å². The summed E-state index contributed by atoms with van der Waals surface area (Å²) in [6, 6.07) is 7.40. The molecule has 0 saturated heterocycles. The lowest BCUT2D eigenvalue weighted by atomic mass is 10.1. The van der Waals surface area contributed by atoms with Gasteiger partial charge in [0.25, 0.3) is 5.91 Å². The van der Waals surface area contributed by atoms with Crippen molar-refractivity contribution in [2.75, 3.05) is 26.0 Å². The van der Waals surface area contributed by atoms with E-state index in [0.717, 1.165) is 22.1 Å². The summed E-state index contributed by atoms with van der Waals surface area (Å²) >= 11 is 1.55. The van der Waals surface area contributed by atoms with Crippen molar-refractivity contribution < 1.29 is 4.79 Å². The first-order valence-electron chi connectivity index (χ1n) is 8.23. The van der Waals surface area contributed by atoms with Crippen molar-refractivity contribution in [3.63, 3.8) is 0 Å². The molecule has 7 heteroatoms. The van der Waals surface area contributed by atoms with Crippen LogP contribution in [0.2, 0.25) is 0 Å². The zero-order valence-corrected chi connectivity index (χ0v) is 16.1. The van der Waals surface area contributed by atoms with Crippen LogP contribution in [0.4, 0.5) is 5.82 Å². The van der Waals surface area contributed by atoms with Gasteiger partial charge in [-0.05, 0) is 19.1 Å². The molecule has 2 aromatic heterocycles. The van der Waals surface area contributed by atoms with E-state index in [9.17, 15) is 4.79 Å². The van der Waals surface area contributed by atoms with Crippen LogP contribution in [-0.4, -0.2) is 46.9 Å². The van der Waals surface area contributed by atoms with Crippen LogP contribution in [0.25, 0.3) is 11.3 Å². The predicted octanol–water partition coefficient (Wildman–Crippen LogP) is 3.50. The zero-order chi connectivity index (χ0) is 18.7. The summed E-state index contributed by atoms with van der Waals surface area (Å²) in [7, 11) is 5.64. The molecule has 1 amide bonds. The van der Waals surface area contributed by atoms with Gasteiger partial charge in [0.2, 0.25) is 0 Å². The Kier molecular flexibility index (Phi) is 5.27. The molecule has 0 N–H and O–H groups in total. The standard InChI is InChI=1S/C19H21N5OS/c1-13(18-21-8-9-26-18)24(4)19(25)15-7-5-6-14(10-15)16-11-20-12-17(22-16)23(2)3/h5-13H,1-4H3/t13-/m0/s1. The van der Waals surface area contributed by atoms with Gasteiger partial charge in [-0.2, -0.15) is 0 Å². The molecule has 134 valence electrons. The molecule has 0 radical (unpaired) electrons. The van der Waals surface area contributed by atoms with Gasteiger partial charge < -0.3 is 9.80 Å². The summed E-state index contributed by atoms with van der Waals surface area (Å²) < 4.78 is 0. The fourth-order valence-electron chi connectivity index (χ4n) is 2.51. The average molecular weight is 367 g/mol. The molecule has 1 aromatic carbocycles. The maximum atomic E-state index is 12.9. The summed E-state index contributed by atoms with van der Waals surface area (Å²) in [5.74, 6) is 0.722. The van der Waals surface area contributed by atoms with E-state index in [0.29, 0.717) is 5.56 Å². The van der Waals surface area contributed by atoms with Gasteiger partial charge in [0.05, 0.1) is 24.1 Å². The maximum Gasteiger partial charge on any atom is 0.254 e. The first-order chi connectivity index (χ1) is 12.5. The third-order valence-electron chi connectivity index (χ3n) is 4.20. The molecule has 0 spiro atoms. The van der Waals surface area contributed by atoms with Crippen LogP contribution >= 0.6 is 11.3 Å². The van der Waals surface area contributed by atoms with Crippen LogP contribution in [-0.2, 0) is 0 Å². The van der Waals surface area contributed by atoms with Gasteiger partial charge in [-0.3, -0.25) is 9.78 Å². The van der Waals surface area contributed by atoms with Crippen LogP contribution in [0.3, 0.4) is 0 Å². The van der Waals surface area contributed by atoms with Crippen molar-refractivity contribution in [3.8, 4) is 11.3 Å². The summed E-state index contributed by atoms with van der Waals surface area (Å²) in [6.07, 6.45) is 5.17. The van der Waals surface area contributed by atoms with E-state index in [2.05, 4.69) is 15.0 Å². The summed E-state index contributed by atoms with van der Waals surface area (Å²) in [4.78, 5) is 29.7. The highest BCUT2D eigenvalue weighted by atomic mass is 32.1. The molecule has 0 unspecified atom stereocenters. The second-order valence-corrected chi connectivity index (χ2v) is 7.13. The van der Waals surface area contributed by atoms with Crippen LogP contribution in [0.15, 0.2) is 48.2 Å². The third-order valence-corrected chi connectivity index (χ3v) is 5.14. The summed E-state index contributed by atoms with van der Waals surface area (Å²) in [5, 5.41) is 2.84. The van der Waals surface area contributed by atoms with Crippen LogP contribution < -0.4 is 4.90 Å². The van der Waals surface area contributed by atoms with Gasteiger partial charge in [-0.25, -0.2) is 9.97 Å². The SMILES string of the molecule is C[C@@H](c1nccs1)N(C)C(=O)c1cccc(-c2cncc(N(C)C)n2)c1. The molecule has 26 heavy (non-hydrogen) atoms. The number of thiazole rings is 1. The van der Waals surface area contributed by atoms with Crippen molar-refractivity contribution in [3.05, 3.63) is 58.8 Å². The smallest absolute Gasteiger partial charge is 0.254 e. The molecular weight excluding hydrogens is 346 g/mol. The first kappa shape index (κ1) is 18.0. The predicted molar refractivity (Wildman–Crippen MR) is 104 cm³/mol. The minimum Gasteiger partial charge on any atom is -0.361 e. The number of carbonyl (C=O) groups is 1. The molecule has 0 aliphatic carbocycles. The number of carbonyl (C=O) groups excluding carboxylic acids is 1. The van der Waals surface area contributed by atoms with Crippen LogP contribution in [0, 0.1) is 0 Å². The fourth-order valence-corrected chi connectivity index (χ4v) is 3.25. The van der Waals surface area contributed by atoms with Gasteiger partial charge in [-0.1, -0.05) is 12.1 Å². The lowest BCUT2D eigenvalue weighted by Gasteiger charge is -2.23.